The number of hydrogen-bond acceptors (Lipinski definition) is 6. The molecule has 2 aliphatic heterocycles. The largest absolute Gasteiger partial charge is 0.469 e. The Hall–Kier alpha value is -1.69. The van der Waals surface area contributed by atoms with Crippen molar-refractivity contribution >= 4 is 17.7 Å². The number of fused-ring (bicyclic) bond motifs is 4. The SMILES string of the molecule is COC(=O)C1CC2=CC(=O)CC[C@]2(C)[C@@]23O[C@H]2C[C@@]2(C)C(CC[C@@]24CCC(=O)O4)C13. The summed E-state index contributed by atoms with van der Waals surface area (Å²) in [5.74, 6) is -0.201. The molecule has 6 rings (SSSR count). The molecule has 30 heavy (non-hydrogen) atoms. The van der Waals surface area contributed by atoms with Crippen molar-refractivity contribution in [3.8, 4) is 0 Å². The fraction of sp³-hybridized carbons (Fsp3) is 0.792. The summed E-state index contributed by atoms with van der Waals surface area (Å²) in [6, 6.07) is 0. The first-order chi connectivity index (χ1) is 14.2. The van der Waals surface area contributed by atoms with Crippen LogP contribution in [-0.2, 0) is 28.6 Å². The Kier molecular flexibility index (Phi) is 3.53. The summed E-state index contributed by atoms with van der Waals surface area (Å²) in [6.45, 7) is 4.51. The molecule has 0 aromatic rings. The summed E-state index contributed by atoms with van der Waals surface area (Å²) in [7, 11) is 1.45. The van der Waals surface area contributed by atoms with Gasteiger partial charge in [-0.05, 0) is 50.5 Å². The third-order valence-electron chi connectivity index (χ3n) is 10.2. The van der Waals surface area contributed by atoms with E-state index < -0.39 is 11.2 Å². The van der Waals surface area contributed by atoms with Gasteiger partial charge in [0.15, 0.2) is 5.78 Å². The van der Waals surface area contributed by atoms with Crippen molar-refractivity contribution in [3.63, 3.8) is 0 Å². The number of epoxide rings is 1. The van der Waals surface area contributed by atoms with Gasteiger partial charge in [-0.15, -0.1) is 0 Å². The molecule has 6 nitrogen and oxygen atoms in total. The minimum absolute atomic E-state index is 0.0303. The van der Waals surface area contributed by atoms with Crippen LogP contribution in [0.5, 0.6) is 0 Å². The molecule has 2 spiro atoms. The average Bonchev–Trinajstić information content (AvgIpc) is 3.20. The topological polar surface area (TPSA) is 82.2 Å². The van der Waals surface area contributed by atoms with Gasteiger partial charge in [-0.1, -0.05) is 19.4 Å². The summed E-state index contributed by atoms with van der Waals surface area (Å²) in [4.78, 5) is 37.4. The Labute approximate surface area is 176 Å². The quantitative estimate of drug-likeness (QED) is 0.484. The van der Waals surface area contributed by atoms with Gasteiger partial charge in [0.05, 0.1) is 19.1 Å². The zero-order chi connectivity index (χ0) is 21.1. The Bertz CT molecular complexity index is 907. The van der Waals surface area contributed by atoms with Crippen LogP contribution in [-0.4, -0.2) is 42.1 Å². The van der Waals surface area contributed by atoms with Crippen LogP contribution in [0.4, 0.5) is 0 Å². The van der Waals surface area contributed by atoms with Crippen LogP contribution in [0.15, 0.2) is 11.6 Å². The summed E-state index contributed by atoms with van der Waals surface area (Å²) < 4.78 is 17.9. The second-order valence-electron chi connectivity index (χ2n) is 11.0. The molecule has 8 atom stereocenters. The molecule has 4 aliphatic carbocycles. The molecule has 2 heterocycles. The zero-order valence-electron chi connectivity index (χ0n) is 18.0. The third-order valence-corrected chi connectivity index (χ3v) is 10.2. The number of hydrogen-bond donors (Lipinski definition) is 0. The highest BCUT2D eigenvalue weighted by atomic mass is 16.6. The second kappa shape index (κ2) is 5.56. The fourth-order valence-corrected chi connectivity index (χ4v) is 8.69. The van der Waals surface area contributed by atoms with Gasteiger partial charge >= 0.3 is 11.9 Å². The molecular formula is C24H30O6. The van der Waals surface area contributed by atoms with E-state index in [1.807, 2.05) is 0 Å². The van der Waals surface area contributed by atoms with Crippen LogP contribution in [0.25, 0.3) is 0 Å². The molecule has 0 bridgehead atoms. The van der Waals surface area contributed by atoms with Gasteiger partial charge in [0.1, 0.15) is 11.2 Å². The molecule has 2 saturated heterocycles. The standard InChI is InChI=1S/C24H30O6/c1-21-7-4-14(25)10-13(21)11-15(20(27)28-3)19-16-5-8-23(9-6-18(26)30-23)22(16,2)12-17-24(19,21)29-17/h10,15-17,19H,4-9,11-12H2,1-3H3/t15?,16?,17-,19?,21-,22-,23+,24+/m0/s1. The van der Waals surface area contributed by atoms with Gasteiger partial charge in [-0.25, -0.2) is 0 Å². The van der Waals surface area contributed by atoms with Crippen molar-refractivity contribution in [2.75, 3.05) is 7.11 Å². The van der Waals surface area contributed by atoms with Gasteiger partial charge in [-0.3, -0.25) is 14.4 Å². The van der Waals surface area contributed by atoms with Crippen LogP contribution >= 0.6 is 0 Å². The number of carbonyl (C=O) groups is 3. The van der Waals surface area contributed by atoms with Gasteiger partial charge in [0, 0.05) is 29.6 Å². The van der Waals surface area contributed by atoms with E-state index in [-0.39, 0.29) is 52.4 Å². The van der Waals surface area contributed by atoms with Crippen molar-refractivity contribution in [2.45, 2.75) is 82.5 Å². The molecule has 6 aliphatic rings. The van der Waals surface area contributed by atoms with Crippen molar-refractivity contribution in [2.24, 2.45) is 28.6 Å². The number of carbonyl (C=O) groups excluding carboxylic acids is 3. The number of rotatable bonds is 1. The predicted octanol–water partition coefficient (Wildman–Crippen LogP) is 3.12. The first-order valence-electron chi connectivity index (χ1n) is 11.4. The maximum absolute atomic E-state index is 13.0. The van der Waals surface area contributed by atoms with E-state index in [9.17, 15) is 14.4 Å². The van der Waals surface area contributed by atoms with Crippen LogP contribution < -0.4 is 0 Å². The van der Waals surface area contributed by atoms with Crippen molar-refractivity contribution in [1.29, 1.82) is 0 Å². The first-order valence-corrected chi connectivity index (χ1v) is 11.4. The summed E-state index contributed by atoms with van der Waals surface area (Å²) in [5, 5.41) is 0. The van der Waals surface area contributed by atoms with Gasteiger partial charge in [0.2, 0.25) is 0 Å². The molecule has 0 radical (unpaired) electrons. The Morgan fingerprint density at radius 1 is 1.17 bits per heavy atom. The second-order valence-corrected chi connectivity index (χ2v) is 11.0. The minimum atomic E-state index is -0.424. The summed E-state index contributed by atoms with van der Waals surface area (Å²) in [6.07, 6.45) is 7.61. The normalized spacial score (nSPS) is 53.2. The van der Waals surface area contributed by atoms with Crippen molar-refractivity contribution in [3.05, 3.63) is 11.6 Å². The highest BCUT2D eigenvalue weighted by Gasteiger charge is 2.83. The van der Waals surface area contributed by atoms with Gasteiger partial charge < -0.3 is 14.2 Å². The molecule has 0 amide bonds. The highest BCUT2D eigenvalue weighted by Crippen LogP contribution is 2.78. The van der Waals surface area contributed by atoms with E-state index in [1.165, 1.54) is 7.11 Å². The van der Waals surface area contributed by atoms with E-state index in [0.29, 0.717) is 19.3 Å². The summed E-state index contributed by atoms with van der Waals surface area (Å²) in [5.41, 5.74) is -0.175. The molecule has 5 fully saturated rings. The van der Waals surface area contributed by atoms with Gasteiger partial charge in [0.25, 0.3) is 0 Å². The van der Waals surface area contributed by atoms with E-state index in [1.54, 1.807) is 6.08 Å². The Balaban J connectivity index is 1.49. The van der Waals surface area contributed by atoms with Crippen LogP contribution in [0.3, 0.4) is 0 Å². The first kappa shape index (κ1) is 19.0. The predicted molar refractivity (Wildman–Crippen MR) is 105 cm³/mol. The Morgan fingerprint density at radius 3 is 2.67 bits per heavy atom. The van der Waals surface area contributed by atoms with E-state index in [0.717, 1.165) is 37.7 Å². The maximum atomic E-state index is 13.0. The third kappa shape index (κ3) is 1.94. The van der Waals surface area contributed by atoms with Crippen molar-refractivity contribution in [1.82, 2.24) is 0 Å². The smallest absolute Gasteiger partial charge is 0.309 e. The van der Waals surface area contributed by atoms with E-state index in [2.05, 4.69) is 13.8 Å². The van der Waals surface area contributed by atoms with Gasteiger partial charge in [-0.2, -0.15) is 0 Å². The van der Waals surface area contributed by atoms with Crippen LogP contribution in [0.1, 0.15) is 65.2 Å². The lowest BCUT2D eigenvalue weighted by Gasteiger charge is -2.58. The molecule has 162 valence electrons. The number of methoxy groups -OCH3 is 1. The number of esters is 2. The van der Waals surface area contributed by atoms with Crippen molar-refractivity contribution < 1.29 is 28.6 Å². The molecule has 3 unspecified atom stereocenters. The van der Waals surface area contributed by atoms with E-state index in [4.69, 9.17) is 14.2 Å². The molecular weight excluding hydrogens is 384 g/mol. The molecule has 0 aromatic heterocycles. The van der Waals surface area contributed by atoms with E-state index >= 15 is 0 Å². The molecule has 6 heteroatoms. The lowest BCUT2D eigenvalue weighted by Crippen LogP contribution is -2.63. The zero-order valence-corrected chi connectivity index (χ0v) is 18.0. The maximum Gasteiger partial charge on any atom is 0.309 e. The lowest BCUT2D eigenvalue weighted by molar-refractivity contribution is -0.172. The molecule has 0 aromatic carbocycles. The monoisotopic (exact) mass is 414 g/mol. The Morgan fingerprint density at radius 2 is 1.97 bits per heavy atom. The molecule has 0 N–H and O–H groups in total. The lowest BCUT2D eigenvalue weighted by atomic mass is 9.43. The molecule has 3 saturated carbocycles. The summed E-state index contributed by atoms with van der Waals surface area (Å²) >= 11 is 0. The van der Waals surface area contributed by atoms with Crippen LogP contribution in [0.2, 0.25) is 0 Å². The fourth-order valence-electron chi connectivity index (χ4n) is 8.69. The number of ether oxygens (including phenoxy) is 3. The highest BCUT2D eigenvalue weighted by molar-refractivity contribution is 5.92. The number of ketones is 1. The average molecular weight is 414 g/mol. The van der Waals surface area contributed by atoms with Crippen LogP contribution in [0, 0.1) is 28.6 Å². The minimum Gasteiger partial charge on any atom is -0.469 e.